The summed E-state index contributed by atoms with van der Waals surface area (Å²) in [4.78, 5) is 6.56. The van der Waals surface area contributed by atoms with Crippen LogP contribution in [0.1, 0.15) is 22.3 Å². The van der Waals surface area contributed by atoms with Crippen LogP contribution in [0.25, 0.3) is 0 Å². The Kier molecular flexibility index (Phi) is 9.82. The van der Waals surface area contributed by atoms with E-state index < -0.39 is 0 Å². The molecule has 0 atom stereocenters. The normalized spacial score (nSPS) is 11.3. The number of nitrogens with one attached hydrogen (secondary N) is 2. The Balaban J connectivity index is 0.00000320. The molecule has 0 radical (unpaired) electrons. The minimum absolute atomic E-state index is 0. The average molecular weight is 518 g/mol. The third kappa shape index (κ3) is 7.14. The van der Waals surface area contributed by atoms with Crippen molar-refractivity contribution in [1.82, 2.24) is 25.3 Å². The molecule has 0 aliphatic heterocycles. The standard InChI is InChI=1S/C23H30N6.HI/c1-24-23(25-15-19-9-4-6-11-21(19)17-28(2)3)26-16-20-10-5-7-12-22(20)18-29-14-8-13-27-29;/h4-14H,15-18H2,1-3H3,(H2,24,25,26);1H. The molecule has 0 saturated heterocycles. The zero-order chi connectivity index (χ0) is 20.5. The number of guanidine groups is 1. The fourth-order valence-corrected chi connectivity index (χ4v) is 3.26. The topological polar surface area (TPSA) is 57.5 Å². The molecule has 2 aromatic carbocycles. The molecule has 1 heterocycles. The lowest BCUT2D eigenvalue weighted by molar-refractivity contribution is 0.400. The van der Waals surface area contributed by atoms with Crippen LogP contribution in [0.5, 0.6) is 0 Å². The molecule has 1 aromatic heterocycles. The van der Waals surface area contributed by atoms with Gasteiger partial charge in [-0.05, 0) is 42.4 Å². The zero-order valence-corrected chi connectivity index (χ0v) is 20.2. The summed E-state index contributed by atoms with van der Waals surface area (Å²) in [7, 11) is 5.98. The van der Waals surface area contributed by atoms with Crippen molar-refractivity contribution < 1.29 is 0 Å². The quantitative estimate of drug-likeness (QED) is 0.273. The highest BCUT2D eigenvalue weighted by atomic mass is 127. The Bertz CT molecular complexity index is 921. The Hall–Kier alpha value is -2.39. The summed E-state index contributed by atoms with van der Waals surface area (Å²) < 4.78 is 1.94. The van der Waals surface area contributed by atoms with Crippen LogP contribution in [0.15, 0.2) is 72.0 Å². The molecule has 0 aliphatic carbocycles. The van der Waals surface area contributed by atoms with Gasteiger partial charge in [0.15, 0.2) is 5.96 Å². The third-order valence-corrected chi connectivity index (χ3v) is 4.73. The molecule has 0 bridgehead atoms. The van der Waals surface area contributed by atoms with Crippen molar-refractivity contribution in [3.05, 3.63) is 89.2 Å². The maximum atomic E-state index is 4.38. The van der Waals surface area contributed by atoms with E-state index in [4.69, 9.17) is 0 Å². The first-order valence-corrected chi connectivity index (χ1v) is 9.86. The van der Waals surface area contributed by atoms with Crippen molar-refractivity contribution >= 4 is 29.9 Å². The smallest absolute Gasteiger partial charge is 0.191 e. The summed E-state index contributed by atoms with van der Waals surface area (Å²) in [6.07, 6.45) is 3.79. The second-order valence-corrected chi connectivity index (χ2v) is 7.26. The van der Waals surface area contributed by atoms with E-state index in [9.17, 15) is 0 Å². The number of aromatic nitrogens is 2. The minimum atomic E-state index is 0. The van der Waals surface area contributed by atoms with E-state index in [0.29, 0.717) is 6.54 Å². The number of aliphatic imine (C=N–C) groups is 1. The van der Waals surface area contributed by atoms with Gasteiger partial charge in [-0.15, -0.1) is 24.0 Å². The average Bonchev–Trinajstić information content (AvgIpc) is 3.23. The van der Waals surface area contributed by atoms with Gasteiger partial charge in [-0.25, -0.2) is 0 Å². The molecule has 0 fully saturated rings. The van der Waals surface area contributed by atoms with Gasteiger partial charge in [-0.2, -0.15) is 5.10 Å². The second-order valence-electron chi connectivity index (χ2n) is 7.26. The van der Waals surface area contributed by atoms with Crippen LogP contribution < -0.4 is 10.6 Å². The van der Waals surface area contributed by atoms with Crippen LogP contribution in [0, 0.1) is 0 Å². The summed E-state index contributed by atoms with van der Waals surface area (Å²) in [5.41, 5.74) is 5.09. The van der Waals surface area contributed by atoms with E-state index >= 15 is 0 Å². The SMILES string of the molecule is CN=C(NCc1ccccc1CN(C)C)NCc1ccccc1Cn1cccn1.I. The lowest BCUT2D eigenvalue weighted by Gasteiger charge is -2.17. The molecule has 0 spiro atoms. The van der Waals surface area contributed by atoms with E-state index in [2.05, 4.69) is 88.3 Å². The van der Waals surface area contributed by atoms with Crippen molar-refractivity contribution in [2.24, 2.45) is 4.99 Å². The summed E-state index contributed by atoms with van der Waals surface area (Å²) in [5.74, 6) is 0.790. The summed E-state index contributed by atoms with van der Waals surface area (Å²) in [6.45, 7) is 3.12. The van der Waals surface area contributed by atoms with Gasteiger partial charge in [0.1, 0.15) is 0 Å². The van der Waals surface area contributed by atoms with Crippen LogP contribution >= 0.6 is 24.0 Å². The molecule has 7 heteroatoms. The lowest BCUT2D eigenvalue weighted by Crippen LogP contribution is -2.36. The highest BCUT2D eigenvalue weighted by molar-refractivity contribution is 14.0. The molecule has 3 rings (SSSR count). The molecule has 30 heavy (non-hydrogen) atoms. The molecule has 160 valence electrons. The first-order chi connectivity index (χ1) is 14.2. The van der Waals surface area contributed by atoms with Crippen molar-refractivity contribution in [1.29, 1.82) is 0 Å². The number of benzene rings is 2. The van der Waals surface area contributed by atoms with E-state index in [1.54, 1.807) is 13.2 Å². The van der Waals surface area contributed by atoms with Gasteiger partial charge < -0.3 is 15.5 Å². The highest BCUT2D eigenvalue weighted by Crippen LogP contribution is 2.11. The molecule has 2 N–H and O–H groups in total. The van der Waals surface area contributed by atoms with Crippen molar-refractivity contribution in [3.8, 4) is 0 Å². The van der Waals surface area contributed by atoms with E-state index in [1.807, 2.05) is 16.9 Å². The fourth-order valence-electron chi connectivity index (χ4n) is 3.26. The Morgan fingerprint density at radius 2 is 1.47 bits per heavy atom. The highest BCUT2D eigenvalue weighted by Gasteiger charge is 2.07. The number of rotatable bonds is 8. The van der Waals surface area contributed by atoms with Gasteiger partial charge in [-0.1, -0.05) is 48.5 Å². The molecular formula is C23H31IN6. The summed E-state index contributed by atoms with van der Waals surface area (Å²) in [5, 5.41) is 11.2. The van der Waals surface area contributed by atoms with Crippen molar-refractivity contribution in [3.63, 3.8) is 0 Å². The van der Waals surface area contributed by atoms with Gasteiger partial charge in [0.2, 0.25) is 0 Å². The first-order valence-electron chi connectivity index (χ1n) is 9.86. The maximum absolute atomic E-state index is 4.38. The van der Waals surface area contributed by atoms with Gasteiger partial charge in [0.25, 0.3) is 0 Å². The third-order valence-electron chi connectivity index (χ3n) is 4.73. The molecule has 3 aromatic rings. The first kappa shape index (κ1) is 23.9. The summed E-state index contributed by atoms with van der Waals surface area (Å²) >= 11 is 0. The lowest BCUT2D eigenvalue weighted by atomic mass is 10.1. The molecular weight excluding hydrogens is 487 g/mol. The van der Waals surface area contributed by atoms with Gasteiger partial charge >= 0.3 is 0 Å². The van der Waals surface area contributed by atoms with Crippen LogP contribution in [-0.2, 0) is 26.2 Å². The van der Waals surface area contributed by atoms with E-state index in [1.165, 1.54) is 22.3 Å². The van der Waals surface area contributed by atoms with E-state index in [-0.39, 0.29) is 24.0 Å². The summed E-state index contributed by atoms with van der Waals surface area (Å²) in [6, 6.07) is 18.9. The second kappa shape index (κ2) is 12.3. The molecule has 0 amide bonds. The predicted molar refractivity (Wildman–Crippen MR) is 134 cm³/mol. The minimum Gasteiger partial charge on any atom is -0.352 e. The van der Waals surface area contributed by atoms with Gasteiger partial charge in [0.05, 0.1) is 6.54 Å². The fraction of sp³-hybridized carbons (Fsp3) is 0.304. The van der Waals surface area contributed by atoms with Crippen molar-refractivity contribution in [2.45, 2.75) is 26.2 Å². The molecule has 0 saturated carbocycles. The Morgan fingerprint density at radius 1 is 0.900 bits per heavy atom. The number of nitrogens with zero attached hydrogens (tertiary/aromatic N) is 4. The van der Waals surface area contributed by atoms with E-state index in [0.717, 1.165) is 25.6 Å². The number of hydrogen-bond donors (Lipinski definition) is 2. The molecule has 0 aliphatic rings. The monoisotopic (exact) mass is 518 g/mol. The largest absolute Gasteiger partial charge is 0.352 e. The van der Waals surface area contributed by atoms with Crippen LogP contribution in [0.4, 0.5) is 0 Å². The van der Waals surface area contributed by atoms with Crippen molar-refractivity contribution in [2.75, 3.05) is 21.1 Å². The molecule has 0 unspecified atom stereocenters. The zero-order valence-electron chi connectivity index (χ0n) is 17.9. The van der Waals surface area contributed by atoms with Gasteiger partial charge in [-0.3, -0.25) is 9.67 Å². The maximum Gasteiger partial charge on any atom is 0.191 e. The van der Waals surface area contributed by atoms with Gasteiger partial charge in [0, 0.05) is 39.1 Å². The molecule has 6 nitrogen and oxygen atoms in total. The number of halogens is 1. The van der Waals surface area contributed by atoms with Crippen LogP contribution in [0.3, 0.4) is 0 Å². The predicted octanol–water partition coefficient (Wildman–Crippen LogP) is 3.48. The number of hydrogen-bond acceptors (Lipinski definition) is 3. The van der Waals surface area contributed by atoms with Crippen LogP contribution in [0.2, 0.25) is 0 Å². The Morgan fingerprint density at radius 3 is 2.00 bits per heavy atom. The van der Waals surface area contributed by atoms with Crippen LogP contribution in [-0.4, -0.2) is 41.8 Å². The Labute approximate surface area is 196 Å².